The molecule has 1 saturated carbocycles. The Morgan fingerprint density at radius 1 is 0.963 bits per heavy atom. The van der Waals surface area contributed by atoms with Crippen LogP contribution in [0.2, 0.25) is 25.2 Å². The molecule has 0 spiro atoms. The highest BCUT2D eigenvalue weighted by atomic mass is 28.3. The Morgan fingerprint density at radius 2 is 1.63 bits per heavy atom. The molecule has 0 radical (unpaired) electrons. The molecule has 7 rings (SSSR count). The van der Waals surface area contributed by atoms with E-state index in [1.54, 1.807) is 16.4 Å². The van der Waals surface area contributed by atoms with Crippen molar-refractivity contribution in [2.45, 2.75) is 37.3 Å². The minimum atomic E-state index is -1.42. The van der Waals surface area contributed by atoms with Crippen molar-refractivity contribution in [3.8, 4) is 0 Å². The Labute approximate surface area is 157 Å². The summed E-state index contributed by atoms with van der Waals surface area (Å²) in [5, 5.41) is 1.10. The number of hydrogen-bond donors (Lipinski definition) is 0. The molecule has 138 valence electrons. The van der Waals surface area contributed by atoms with Crippen LogP contribution in [0, 0.1) is 11.8 Å². The Bertz CT molecular complexity index is 1260. The number of fused-ring (bicyclic) bond motifs is 1. The van der Waals surface area contributed by atoms with E-state index in [4.69, 9.17) is 0 Å². The third kappa shape index (κ3) is 1.65. The molecule has 1 fully saturated rings. The number of nitrogens with zero attached hydrogens (tertiary/aromatic N) is 4. The van der Waals surface area contributed by atoms with Crippen molar-refractivity contribution >= 4 is 19.0 Å². The number of aromatic nitrogens is 4. The molecule has 4 aliphatic rings. The minimum Gasteiger partial charge on any atom is -0.256 e. The average Bonchev–Trinajstić information content (AvgIpc) is 3.37. The van der Waals surface area contributed by atoms with E-state index in [1.807, 2.05) is 12.3 Å². The molecule has 0 N–H and O–H groups in total. The molecule has 3 aromatic rings. The van der Waals surface area contributed by atoms with Gasteiger partial charge in [0, 0.05) is 32.3 Å². The molecule has 27 heavy (non-hydrogen) atoms. The van der Waals surface area contributed by atoms with Crippen LogP contribution < -0.4 is 11.4 Å². The van der Waals surface area contributed by atoms with Crippen LogP contribution in [-0.4, -0.2) is 27.0 Å². The third-order valence-electron chi connectivity index (χ3n) is 7.05. The summed E-state index contributed by atoms with van der Waals surface area (Å²) in [6, 6.07) is 8.18. The number of hydrogen-bond acceptors (Lipinski definition) is 3. The van der Waals surface area contributed by atoms with Crippen molar-refractivity contribution in [3.63, 3.8) is 0 Å². The SMILES string of the molecule is Cn1c(=O)n2n(c1=O)C1c3c(ccc4cccnc34)C2C2C1C2[Si](C)(C)C. The predicted octanol–water partition coefficient (Wildman–Crippen LogP) is 2.36. The molecule has 4 heterocycles. The summed E-state index contributed by atoms with van der Waals surface area (Å²) in [4.78, 5) is 30.6. The number of rotatable bonds is 1. The second-order valence-electron chi connectivity index (χ2n) is 9.39. The van der Waals surface area contributed by atoms with E-state index in [0.29, 0.717) is 17.4 Å². The lowest BCUT2D eigenvalue weighted by atomic mass is 9.81. The summed E-state index contributed by atoms with van der Waals surface area (Å²) in [5.41, 5.74) is 3.58. The Hall–Kier alpha value is -2.41. The number of benzene rings is 1. The summed E-state index contributed by atoms with van der Waals surface area (Å²) >= 11 is 0. The molecule has 1 aromatic carbocycles. The van der Waals surface area contributed by atoms with E-state index in [-0.39, 0.29) is 23.5 Å². The lowest BCUT2D eigenvalue weighted by Gasteiger charge is -2.39. The van der Waals surface area contributed by atoms with Crippen molar-refractivity contribution in [3.05, 3.63) is 62.6 Å². The van der Waals surface area contributed by atoms with Gasteiger partial charge < -0.3 is 0 Å². The molecule has 5 atom stereocenters. The van der Waals surface area contributed by atoms with Crippen LogP contribution in [0.25, 0.3) is 10.9 Å². The Kier molecular flexibility index (Phi) is 2.62. The van der Waals surface area contributed by atoms with Crippen LogP contribution >= 0.6 is 0 Å². The molecule has 7 heteroatoms. The fourth-order valence-electron chi connectivity index (χ4n) is 6.14. The van der Waals surface area contributed by atoms with Crippen LogP contribution in [0.1, 0.15) is 23.2 Å². The maximum atomic E-state index is 13.0. The maximum absolute atomic E-state index is 13.0. The summed E-state index contributed by atoms with van der Waals surface area (Å²) in [7, 11) is 0.168. The largest absolute Gasteiger partial charge is 0.347 e. The predicted molar refractivity (Wildman–Crippen MR) is 106 cm³/mol. The molecule has 2 aromatic heterocycles. The topological polar surface area (TPSA) is 61.8 Å². The van der Waals surface area contributed by atoms with Gasteiger partial charge in [0.25, 0.3) is 0 Å². The molecule has 2 bridgehead atoms. The van der Waals surface area contributed by atoms with E-state index in [1.165, 1.54) is 15.7 Å². The van der Waals surface area contributed by atoms with E-state index in [9.17, 15) is 9.59 Å². The van der Waals surface area contributed by atoms with Crippen molar-refractivity contribution < 1.29 is 0 Å². The van der Waals surface area contributed by atoms with Gasteiger partial charge in [-0.15, -0.1) is 0 Å². The first-order chi connectivity index (χ1) is 12.8. The molecule has 2 aliphatic carbocycles. The lowest BCUT2D eigenvalue weighted by Crippen LogP contribution is -2.45. The highest BCUT2D eigenvalue weighted by Crippen LogP contribution is 2.73. The van der Waals surface area contributed by atoms with E-state index < -0.39 is 8.07 Å². The van der Waals surface area contributed by atoms with Crippen LogP contribution in [0.4, 0.5) is 0 Å². The summed E-state index contributed by atoms with van der Waals surface area (Å²) in [6.07, 6.45) is 1.83. The molecule has 6 nitrogen and oxygen atoms in total. The van der Waals surface area contributed by atoms with Gasteiger partial charge in [-0.25, -0.2) is 23.5 Å². The van der Waals surface area contributed by atoms with Crippen LogP contribution in [0.15, 0.2) is 40.1 Å². The van der Waals surface area contributed by atoms with Gasteiger partial charge in [-0.2, -0.15) is 0 Å². The van der Waals surface area contributed by atoms with Gasteiger partial charge in [-0.1, -0.05) is 37.8 Å². The van der Waals surface area contributed by atoms with Crippen molar-refractivity contribution in [2.24, 2.45) is 18.9 Å². The van der Waals surface area contributed by atoms with E-state index >= 15 is 0 Å². The zero-order valence-corrected chi connectivity index (χ0v) is 16.9. The zero-order valence-electron chi connectivity index (χ0n) is 15.9. The molecular weight excluding hydrogens is 356 g/mol. The molecule has 0 amide bonds. The Balaban J connectivity index is 1.73. The van der Waals surface area contributed by atoms with Gasteiger partial charge in [0.2, 0.25) is 0 Å². The summed E-state index contributed by atoms with van der Waals surface area (Å²) in [6.45, 7) is 7.23. The highest BCUT2D eigenvalue weighted by Gasteiger charge is 2.70. The zero-order chi connectivity index (χ0) is 18.8. The average molecular weight is 379 g/mol. The van der Waals surface area contributed by atoms with Gasteiger partial charge >= 0.3 is 11.4 Å². The van der Waals surface area contributed by atoms with Gasteiger partial charge in [-0.05, 0) is 29.0 Å². The fraction of sp³-hybridized carbons (Fsp3) is 0.450. The summed E-state index contributed by atoms with van der Waals surface area (Å²) in [5.74, 6) is 0.913. The second kappa shape index (κ2) is 4.52. The second-order valence-corrected chi connectivity index (χ2v) is 14.8. The van der Waals surface area contributed by atoms with Crippen LogP contribution in [0.5, 0.6) is 0 Å². The van der Waals surface area contributed by atoms with E-state index in [2.05, 4.69) is 42.8 Å². The standard InChI is InChI=1S/C20H22N4O2Si/c1-22-19(25)23-16-11-8-7-10-6-5-9-21-15(10)12(11)17(24(23)20(22)26)14-13(16)18(14)27(2,3)4/h5-9,13-14,16-18H,1-4H3. The first-order valence-electron chi connectivity index (χ1n) is 9.60. The van der Waals surface area contributed by atoms with Gasteiger partial charge in [0.1, 0.15) is 0 Å². The maximum Gasteiger partial charge on any atom is 0.347 e. The summed E-state index contributed by atoms with van der Waals surface area (Å²) < 4.78 is 4.77. The first-order valence-corrected chi connectivity index (χ1v) is 13.2. The van der Waals surface area contributed by atoms with Gasteiger partial charge in [0.05, 0.1) is 17.6 Å². The molecular formula is C20H22N4O2Si. The number of pyridine rings is 1. The normalized spacial score (nSPS) is 30.1. The van der Waals surface area contributed by atoms with Crippen molar-refractivity contribution in [2.75, 3.05) is 0 Å². The van der Waals surface area contributed by atoms with Crippen LogP contribution in [0.3, 0.4) is 0 Å². The third-order valence-corrected chi connectivity index (χ3v) is 9.82. The van der Waals surface area contributed by atoms with E-state index in [0.717, 1.165) is 10.9 Å². The monoisotopic (exact) mass is 378 g/mol. The van der Waals surface area contributed by atoms with Crippen molar-refractivity contribution in [1.29, 1.82) is 0 Å². The molecule has 5 unspecified atom stereocenters. The molecule has 2 aliphatic heterocycles. The smallest absolute Gasteiger partial charge is 0.256 e. The van der Waals surface area contributed by atoms with Gasteiger partial charge in [0.15, 0.2) is 0 Å². The van der Waals surface area contributed by atoms with Gasteiger partial charge in [-0.3, -0.25) is 4.98 Å². The Morgan fingerprint density at radius 3 is 2.33 bits per heavy atom. The minimum absolute atomic E-state index is 0.0421. The first kappa shape index (κ1) is 15.6. The fourth-order valence-corrected chi connectivity index (χ4v) is 9.15. The van der Waals surface area contributed by atoms with Crippen LogP contribution in [-0.2, 0) is 7.05 Å². The van der Waals surface area contributed by atoms with Crippen molar-refractivity contribution in [1.82, 2.24) is 18.9 Å². The quantitative estimate of drug-likeness (QED) is 0.611. The molecule has 0 saturated heterocycles. The highest BCUT2D eigenvalue weighted by molar-refractivity contribution is 6.78. The lowest BCUT2D eigenvalue weighted by molar-refractivity contribution is 0.225.